The second-order valence-electron chi connectivity index (χ2n) is 8.93. The van der Waals surface area contributed by atoms with E-state index in [4.69, 9.17) is 11.6 Å². The topological polar surface area (TPSA) is 95.6 Å². The van der Waals surface area contributed by atoms with Crippen LogP contribution in [-0.2, 0) is 4.79 Å². The maximum absolute atomic E-state index is 14.5. The number of hydrogen-bond acceptors (Lipinski definition) is 5. The Morgan fingerprint density at radius 2 is 1.68 bits per heavy atom. The second-order valence-corrected chi connectivity index (χ2v) is 9.34. The summed E-state index contributed by atoms with van der Waals surface area (Å²) >= 11 is 6.74. The van der Waals surface area contributed by atoms with E-state index in [0.717, 1.165) is 22.8 Å². The highest BCUT2D eigenvalue weighted by molar-refractivity contribution is 6.32. The van der Waals surface area contributed by atoms with Gasteiger partial charge in [-0.3, -0.25) is 4.79 Å². The summed E-state index contributed by atoms with van der Waals surface area (Å²) in [5.74, 6) is -1.05. The van der Waals surface area contributed by atoms with E-state index in [0.29, 0.717) is 44.4 Å². The fourth-order valence-electron chi connectivity index (χ4n) is 4.56. The van der Waals surface area contributed by atoms with Crippen LogP contribution in [0.1, 0.15) is 31.0 Å². The Labute approximate surface area is 222 Å². The monoisotopic (exact) mass is 532 g/mol. The number of carbonyl (C=O) groups excluding carboxylic acids is 1. The number of aromatic nitrogens is 4. The van der Waals surface area contributed by atoms with Gasteiger partial charge in [0, 0.05) is 23.7 Å². The van der Waals surface area contributed by atoms with Crippen LogP contribution >= 0.6 is 11.6 Å². The van der Waals surface area contributed by atoms with Gasteiger partial charge in [0.2, 0.25) is 5.91 Å². The van der Waals surface area contributed by atoms with Crippen molar-refractivity contribution in [1.29, 1.82) is 0 Å². The van der Waals surface area contributed by atoms with Gasteiger partial charge in [-0.1, -0.05) is 23.7 Å². The molecule has 3 aromatic carbocycles. The first-order chi connectivity index (χ1) is 18.2. The lowest BCUT2D eigenvalue weighted by molar-refractivity contribution is -0.114. The number of benzene rings is 3. The van der Waals surface area contributed by atoms with E-state index in [1.54, 1.807) is 18.2 Å². The quantitative estimate of drug-likeness (QED) is 0.217. The molecule has 10 heteroatoms. The lowest BCUT2D eigenvalue weighted by Crippen LogP contribution is -2.11. The van der Waals surface area contributed by atoms with Gasteiger partial charge in [0.05, 0.1) is 12.4 Å². The minimum Gasteiger partial charge on any atom is -0.362 e. The van der Waals surface area contributed by atoms with Crippen molar-refractivity contribution in [3.63, 3.8) is 0 Å². The van der Waals surface area contributed by atoms with Crippen molar-refractivity contribution in [2.45, 2.75) is 26.8 Å². The summed E-state index contributed by atoms with van der Waals surface area (Å²) in [7, 11) is 0. The maximum atomic E-state index is 14.5. The number of fused-ring (bicyclic) bond motifs is 1. The molecule has 7 nitrogen and oxygen atoms in total. The maximum Gasteiger partial charge on any atom is 0.221 e. The van der Waals surface area contributed by atoms with Gasteiger partial charge in [-0.2, -0.15) is 0 Å². The molecule has 0 fully saturated rings. The van der Waals surface area contributed by atoms with Gasteiger partial charge in [-0.15, -0.1) is 0 Å². The molecule has 0 radical (unpaired) electrons. The molecule has 0 saturated heterocycles. The molecule has 192 valence electrons. The van der Waals surface area contributed by atoms with Gasteiger partial charge in [0.15, 0.2) is 11.5 Å². The number of hydrogen-bond donors (Lipinski definition) is 3. The molecule has 1 atom stereocenters. The SMILES string of the molecule is CC(=O)Nc1ccc(-c2c(C)c(Cl)cc(C(C)Nc3ncnc4nc[nH]c34)c2-c2cc(F)cc(F)c2)cc1. The Balaban J connectivity index is 1.71. The normalized spacial score (nSPS) is 11.9. The minimum absolute atomic E-state index is 0.189. The summed E-state index contributed by atoms with van der Waals surface area (Å²) in [5.41, 5.74) is 5.68. The van der Waals surface area contributed by atoms with Gasteiger partial charge >= 0.3 is 0 Å². The van der Waals surface area contributed by atoms with Crippen LogP contribution in [-0.4, -0.2) is 25.8 Å². The Morgan fingerprint density at radius 3 is 2.37 bits per heavy atom. The van der Waals surface area contributed by atoms with Crippen LogP contribution in [0, 0.1) is 18.6 Å². The third-order valence-electron chi connectivity index (χ3n) is 6.24. The van der Waals surface area contributed by atoms with Crippen LogP contribution in [0.2, 0.25) is 5.02 Å². The number of aromatic amines is 1. The smallest absolute Gasteiger partial charge is 0.221 e. The van der Waals surface area contributed by atoms with Crippen molar-refractivity contribution in [3.8, 4) is 22.3 Å². The Hall–Kier alpha value is -4.37. The van der Waals surface area contributed by atoms with Crippen molar-refractivity contribution < 1.29 is 13.6 Å². The van der Waals surface area contributed by atoms with Crippen molar-refractivity contribution in [2.75, 3.05) is 10.6 Å². The Morgan fingerprint density at radius 1 is 0.974 bits per heavy atom. The van der Waals surface area contributed by atoms with Crippen LogP contribution in [0.5, 0.6) is 0 Å². The lowest BCUT2D eigenvalue weighted by Gasteiger charge is -2.24. The summed E-state index contributed by atoms with van der Waals surface area (Å²) < 4.78 is 28.9. The number of nitrogens with zero attached hydrogens (tertiary/aromatic N) is 3. The first-order valence-electron chi connectivity index (χ1n) is 11.8. The molecule has 5 aromatic rings. The molecule has 3 N–H and O–H groups in total. The van der Waals surface area contributed by atoms with E-state index in [9.17, 15) is 13.6 Å². The van der Waals surface area contributed by atoms with Crippen molar-refractivity contribution in [1.82, 2.24) is 19.9 Å². The zero-order valence-corrected chi connectivity index (χ0v) is 21.5. The first kappa shape index (κ1) is 25.3. The number of carbonyl (C=O) groups is 1. The first-order valence-corrected chi connectivity index (χ1v) is 12.2. The van der Waals surface area contributed by atoms with Gasteiger partial charge in [-0.25, -0.2) is 23.7 Å². The van der Waals surface area contributed by atoms with Crippen LogP contribution in [0.3, 0.4) is 0 Å². The Bertz CT molecular complexity index is 1650. The van der Waals surface area contributed by atoms with Crippen LogP contribution < -0.4 is 10.6 Å². The fourth-order valence-corrected chi connectivity index (χ4v) is 4.77. The van der Waals surface area contributed by atoms with E-state index in [1.165, 1.54) is 31.7 Å². The predicted octanol–water partition coefficient (Wildman–Crippen LogP) is 7.06. The van der Waals surface area contributed by atoms with Gasteiger partial charge < -0.3 is 15.6 Å². The molecule has 2 aromatic heterocycles. The summed E-state index contributed by atoms with van der Waals surface area (Å²) in [6.07, 6.45) is 2.94. The average molecular weight is 533 g/mol. The molecule has 0 aliphatic rings. The molecule has 2 heterocycles. The fraction of sp³-hybridized carbons (Fsp3) is 0.143. The standard InChI is InChI=1S/C28H23ClF2N6O/c1-14-23(29)11-22(15(2)36-28-26-27(33-12-32-26)34-13-35-28)25(18-8-19(30)10-20(31)9-18)24(14)17-4-6-21(7-5-17)37-16(3)38/h4-13,15H,1-3H3,(H,37,38)(H2,32,33,34,35,36). The zero-order valence-electron chi connectivity index (χ0n) is 20.7. The lowest BCUT2D eigenvalue weighted by atomic mass is 9.85. The molecule has 38 heavy (non-hydrogen) atoms. The highest BCUT2D eigenvalue weighted by Crippen LogP contribution is 2.44. The summed E-state index contributed by atoms with van der Waals surface area (Å²) in [6, 6.07) is 12.1. The number of H-pyrrole nitrogens is 1. The molecule has 0 aliphatic heterocycles. The van der Waals surface area contributed by atoms with Crippen LogP contribution in [0.25, 0.3) is 33.4 Å². The average Bonchev–Trinajstić information content (AvgIpc) is 3.35. The minimum atomic E-state index is -0.693. The second kappa shape index (κ2) is 10.2. The van der Waals surface area contributed by atoms with Crippen molar-refractivity contribution in [3.05, 3.63) is 89.0 Å². The zero-order chi connectivity index (χ0) is 27.0. The molecule has 0 aliphatic carbocycles. The molecular weight excluding hydrogens is 510 g/mol. The highest BCUT2D eigenvalue weighted by atomic mass is 35.5. The number of imidazole rings is 1. The number of anilines is 2. The number of rotatable bonds is 6. The summed E-state index contributed by atoms with van der Waals surface area (Å²) in [4.78, 5) is 27.2. The summed E-state index contributed by atoms with van der Waals surface area (Å²) in [5, 5.41) is 6.60. The largest absolute Gasteiger partial charge is 0.362 e. The van der Waals surface area contributed by atoms with Gasteiger partial charge in [-0.05, 0) is 77.6 Å². The van der Waals surface area contributed by atoms with Crippen molar-refractivity contribution >= 4 is 40.2 Å². The van der Waals surface area contributed by atoms with Gasteiger partial charge in [0.25, 0.3) is 0 Å². The number of amides is 1. The van der Waals surface area contributed by atoms with Crippen molar-refractivity contribution in [2.24, 2.45) is 0 Å². The molecule has 0 bridgehead atoms. The molecule has 1 unspecified atom stereocenters. The molecule has 5 rings (SSSR count). The third-order valence-corrected chi connectivity index (χ3v) is 6.63. The molecule has 1 amide bonds. The number of halogens is 3. The Kier molecular flexibility index (Phi) is 6.77. The van der Waals surface area contributed by atoms with E-state index < -0.39 is 17.7 Å². The number of nitrogens with one attached hydrogen (secondary N) is 3. The third kappa shape index (κ3) is 4.92. The van der Waals surface area contributed by atoms with E-state index in [2.05, 4.69) is 30.6 Å². The van der Waals surface area contributed by atoms with Crippen LogP contribution in [0.4, 0.5) is 20.3 Å². The van der Waals surface area contributed by atoms with E-state index in [-0.39, 0.29) is 5.91 Å². The molecule has 0 spiro atoms. The van der Waals surface area contributed by atoms with E-state index in [1.807, 2.05) is 26.0 Å². The van der Waals surface area contributed by atoms with Crippen LogP contribution in [0.15, 0.2) is 61.2 Å². The molecule has 0 saturated carbocycles. The summed E-state index contributed by atoms with van der Waals surface area (Å²) in [6.45, 7) is 5.20. The molecular formula is C28H23ClF2N6O. The van der Waals surface area contributed by atoms with Gasteiger partial charge in [0.1, 0.15) is 23.5 Å². The predicted molar refractivity (Wildman–Crippen MR) is 145 cm³/mol. The van der Waals surface area contributed by atoms with E-state index >= 15 is 0 Å². The highest BCUT2D eigenvalue weighted by Gasteiger charge is 2.23.